The van der Waals surface area contributed by atoms with Crippen LogP contribution < -0.4 is 10.6 Å². The number of hydrogen-bond acceptors (Lipinski definition) is 4. The molecular weight excluding hydrogens is 280 g/mol. The van der Waals surface area contributed by atoms with Gasteiger partial charge in [0.05, 0.1) is 35.7 Å². The molecule has 0 bridgehead atoms. The molecule has 0 radical (unpaired) electrons. The minimum Gasteiger partial charge on any atom is -0.397 e. The third-order valence-electron chi connectivity index (χ3n) is 3.40. The monoisotopic (exact) mass is 292 g/mol. The molecule has 4 nitrogen and oxygen atoms in total. The molecule has 20 heavy (non-hydrogen) atoms. The van der Waals surface area contributed by atoms with Gasteiger partial charge in [-0.1, -0.05) is 0 Å². The number of halogens is 4. The van der Waals surface area contributed by atoms with Crippen LogP contribution in [0.1, 0.15) is 11.1 Å². The van der Waals surface area contributed by atoms with Gasteiger partial charge in [-0.05, 0) is 12.1 Å². The normalized spacial score (nSPS) is 23.7. The summed E-state index contributed by atoms with van der Waals surface area (Å²) in [7, 11) is 0. The summed E-state index contributed by atoms with van der Waals surface area (Å²) >= 11 is 0. The number of benzene rings is 1. The van der Waals surface area contributed by atoms with E-state index in [1.54, 1.807) is 4.90 Å². The average molecular weight is 292 g/mol. The van der Waals surface area contributed by atoms with E-state index in [1.165, 1.54) is 0 Å². The summed E-state index contributed by atoms with van der Waals surface area (Å²) < 4.78 is 62.5. The second-order valence-corrected chi connectivity index (χ2v) is 4.69. The van der Waals surface area contributed by atoms with Gasteiger partial charge in [0.15, 0.2) is 0 Å². The van der Waals surface area contributed by atoms with Gasteiger partial charge >= 0.3 is 12.2 Å². The van der Waals surface area contributed by atoms with Gasteiger partial charge in [0, 0.05) is 13.1 Å². The molecule has 0 spiro atoms. The van der Waals surface area contributed by atoms with Crippen molar-refractivity contribution >= 4 is 11.4 Å². The van der Waals surface area contributed by atoms with E-state index < -0.39 is 23.3 Å². The van der Waals surface area contributed by atoms with Gasteiger partial charge in [0.1, 0.15) is 0 Å². The first-order valence-electron chi connectivity index (χ1n) is 6.04. The molecule has 8 heteroatoms. The second kappa shape index (κ2) is 4.23. The Morgan fingerprint density at radius 3 is 2.15 bits per heavy atom. The Balaban J connectivity index is 2.07. The van der Waals surface area contributed by atoms with E-state index in [9.17, 15) is 17.6 Å². The van der Waals surface area contributed by atoms with E-state index >= 15 is 0 Å². The van der Waals surface area contributed by atoms with Gasteiger partial charge in [-0.2, -0.15) is 17.6 Å². The number of fused-ring (bicyclic) bond motifs is 1. The highest BCUT2D eigenvalue weighted by atomic mass is 19.3. The number of alkyl halides is 4. The molecule has 2 aliphatic heterocycles. The Labute approximate surface area is 112 Å². The zero-order valence-corrected chi connectivity index (χ0v) is 10.3. The summed E-state index contributed by atoms with van der Waals surface area (Å²) in [6.07, 6.45) is -8.05. The molecule has 1 aromatic rings. The van der Waals surface area contributed by atoms with Gasteiger partial charge in [0.2, 0.25) is 0 Å². The lowest BCUT2D eigenvalue weighted by atomic mass is 10.0. The van der Waals surface area contributed by atoms with Crippen LogP contribution in [0.5, 0.6) is 0 Å². The molecule has 1 saturated heterocycles. The molecule has 2 heterocycles. The Morgan fingerprint density at radius 2 is 1.55 bits per heavy atom. The predicted molar refractivity (Wildman–Crippen MR) is 62.8 cm³/mol. The lowest BCUT2D eigenvalue weighted by molar-refractivity contribution is -0.369. The number of rotatable bonds is 1. The van der Waals surface area contributed by atoms with Crippen LogP contribution in [-0.4, -0.2) is 26.3 Å². The Morgan fingerprint density at radius 1 is 1.00 bits per heavy atom. The average Bonchev–Trinajstić information content (AvgIpc) is 2.55. The fourth-order valence-electron chi connectivity index (χ4n) is 2.44. The third-order valence-corrected chi connectivity index (χ3v) is 3.40. The largest absolute Gasteiger partial charge is 0.397 e. The number of anilines is 2. The van der Waals surface area contributed by atoms with Crippen molar-refractivity contribution in [3.05, 3.63) is 23.3 Å². The molecule has 0 aliphatic carbocycles. The number of nitrogens with two attached hydrogens (primary N) is 1. The highest BCUT2D eigenvalue weighted by molar-refractivity contribution is 5.71. The highest BCUT2D eigenvalue weighted by Gasteiger charge is 2.57. The van der Waals surface area contributed by atoms with Crippen molar-refractivity contribution in [2.75, 3.05) is 36.9 Å². The van der Waals surface area contributed by atoms with Crippen molar-refractivity contribution in [2.24, 2.45) is 0 Å². The second-order valence-electron chi connectivity index (χ2n) is 4.69. The Bertz CT molecular complexity index is 545. The minimum absolute atomic E-state index is 0.0200. The molecule has 0 amide bonds. The number of nitrogens with zero attached hydrogens (tertiary/aromatic N) is 1. The molecule has 0 atom stereocenters. The van der Waals surface area contributed by atoms with Gasteiger partial charge in [-0.15, -0.1) is 0 Å². The molecule has 0 aromatic heterocycles. The maximum Gasteiger partial charge on any atom is 0.388 e. The molecule has 110 valence electrons. The summed E-state index contributed by atoms with van der Waals surface area (Å²) in [6.45, 7) is 1.79. The quantitative estimate of drug-likeness (QED) is 0.637. The van der Waals surface area contributed by atoms with Crippen LogP contribution in [0.15, 0.2) is 12.1 Å². The van der Waals surface area contributed by atoms with Crippen molar-refractivity contribution in [1.29, 1.82) is 0 Å². The summed E-state index contributed by atoms with van der Waals surface area (Å²) in [6, 6.07) is 1.85. The molecule has 1 fully saturated rings. The smallest absolute Gasteiger partial charge is 0.388 e. The van der Waals surface area contributed by atoms with Gasteiger partial charge in [-0.25, -0.2) is 4.74 Å². The molecule has 2 N–H and O–H groups in total. The van der Waals surface area contributed by atoms with Gasteiger partial charge in [0.25, 0.3) is 0 Å². The van der Waals surface area contributed by atoms with Crippen LogP contribution in [0.3, 0.4) is 0 Å². The minimum atomic E-state index is -4.03. The van der Waals surface area contributed by atoms with E-state index in [0.29, 0.717) is 32.0 Å². The topological polar surface area (TPSA) is 47.7 Å². The van der Waals surface area contributed by atoms with Crippen molar-refractivity contribution < 1.29 is 27.0 Å². The van der Waals surface area contributed by atoms with Crippen LogP contribution in [0.2, 0.25) is 0 Å². The summed E-state index contributed by atoms with van der Waals surface area (Å²) in [5.41, 5.74) is 4.32. The summed E-state index contributed by atoms with van der Waals surface area (Å²) in [4.78, 5) is 1.73. The maximum absolute atomic E-state index is 13.5. The predicted octanol–water partition coefficient (Wildman–Crippen LogP) is 2.23. The third kappa shape index (κ3) is 1.99. The van der Waals surface area contributed by atoms with Crippen LogP contribution in [0.25, 0.3) is 0 Å². The Kier molecular flexibility index (Phi) is 2.84. The molecule has 0 saturated carbocycles. The fourth-order valence-corrected chi connectivity index (χ4v) is 2.44. The number of morpholine rings is 1. The van der Waals surface area contributed by atoms with Crippen LogP contribution in [-0.2, 0) is 21.7 Å². The number of nitrogen functional groups attached to an aromatic ring is 1. The first kappa shape index (κ1) is 13.4. The molecule has 3 rings (SSSR count). The number of hydrogen-bond donors (Lipinski definition) is 1. The molecule has 1 aromatic carbocycles. The zero-order valence-electron chi connectivity index (χ0n) is 10.3. The highest BCUT2D eigenvalue weighted by Crippen LogP contribution is 2.52. The SMILES string of the molecule is Nc1cc2c(cc1N1CCOCC1)C(F)(F)OC2(F)F. The number of ether oxygens (including phenoxy) is 2. The van der Waals surface area contributed by atoms with Crippen LogP contribution in [0.4, 0.5) is 28.9 Å². The first-order chi connectivity index (χ1) is 9.31. The van der Waals surface area contributed by atoms with Gasteiger partial charge in [-0.3, -0.25) is 0 Å². The lowest BCUT2D eigenvalue weighted by Gasteiger charge is -2.30. The van der Waals surface area contributed by atoms with Gasteiger partial charge < -0.3 is 15.4 Å². The standard InChI is InChI=1S/C12H12F4N2O2/c13-11(14)7-5-9(17)10(18-1-3-19-4-2-18)6-8(7)12(15,16)20-11/h5-6H,1-4,17H2. The lowest BCUT2D eigenvalue weighted by Crippen LogP contribution is -2.36. The summed E-state index contributed by atoms with van der Waals surface area (Å²) in [5.74, 6) is 0. The molecule has 0 unspecified atom stereocenters. The molecule has 2 aliphatic rings. The van der Waals surface area contributed by atoms with E-state index in [-0.39, 0.29) is 5.69 Å². The Hall–Kier alpha value is -1.54. The van der Waals surface area contributed by atoms with E-state index in [0.717, 1.165) is 12.1 Å². The van der Waals surface area contributed by atoms with Crippen LogP contribution in [0, 0.1) is 0 Å². The van der Waals surface area contributed by atoms with Crippen molar-refractivity contribution in [1.82, 2.24) is 0 Å². The first-order valence-corrected chi connectivity index (χ1v) is 6.04. The van der Waals surface area contributed by atoms with Crippen LogP contribution >= 0.6 is 0 Å². The van der Waals surface area contributed by atoms with E-state index in [1.807, 2.05) is 0 Å². The zero-order chi connectivity index (χ0) is 14.5. The van der Waals surface area contributed by atoms with E-state index in [4.69, 9.17) is 10.5 Å². The van der Waals surface area contributed by atoms with Crippen molar-refractivity contribution in [3.63, 3.8) is 0 Å². The molecular formula is C12H12F4N2O2. The van der Waals surface area contributed by atoms with E-state index in [2.05, 4.69) is 4.74 Å². The fraction of sp³-hybridized carbons (Fsp3) is 0.500. The maximum atomic E-state index is 13.5. The van der Waals surface area contributed by atoms with Crippen molar-refractivity contribution in [2.45, 2.75) is 12.2 Å². The van der Waals surface area contributed by atoms with Crippen molar-refractivity contribution in [3.8, 4) is 0 Å². The summed E-state index contributed by atoms with van der Waals surface area (Å²) in [5, 5.41) is 0.